The molecule has 0 fully saturated rings. The minimum atomic E-state index is -0.103. The number of fused-ring (bicyclic) bond motifs is 1. The number of carbonyl (C=O) groups is 2. The lowest BCUT2D eigenvalue weighted by atomic mass is 9.78. The molecule has 1 aliphatic rings. The zero-order valence-corrected chi connectivity index (χ0v) is 16.2. The first-order valence-corrected chi connectivity index (χ1v) is 9.73. The van der Waals surface area contributed by atoms with E-state index in [1.54, 1.807) is 0 Å². The molecule has 1 heterocycles. The van der Waals surface area contributed by atoms with Crippen LogP contribution in [0.15, 0.2) is 24.3 Å². The van der Waals surface area contributed by atoms with Crippen molar-refractivity contribution in [3.8, 4) is 5.75 Å². The van der Waals surface area contributed by atoms with E-state index >= 15 is 0 Å². The maximum absolute atomic E-state index is 12.3. The average molecular weight is 372 g/mol. The highest BCUT2D eigenvalue weighted by atomic mass is 32.1. The Morgan fingerprint density at radius 2 is 2.08 bits per heavy atom. The predicted molar refractivity (Wildman–Crippen MR) is 103 cm³/mol. The molecular weight excluding hydrogens is 348 g/mol. The summed E-state index contributed by atoms with van der Waals surface area (Å²) in [6, 6.07) is 7.76. The van der Waals surface area contributed by atoms with E-state index in [9.17, 15) is 9.59 Å². The molecule has 1 amide bonds. The maximum atomic E-state index is 12.3. The quantitative estimate of drug-likeness (QED) is 0.822. The Morgan fingerprint density at radius 3 is 2.85 bits per heavy atom. The predicted octanol–water partition coefficient (Wildman–Crippen LogP) is 4.27. The van der Waals surface area contributed by atoms with Gasteiger partial charge < -0.3 is 10.1 Å². The SMILES string of the molecule is CCOc1ccccc1CCC(=O)Nc1nc2c(s1)C(=O)CC(C)(C)C2. The van der Waals surface area contributed by atoms with E-state index in [-0.39, 0.29) is 17.1 Å². The molecule has 0 saturated heterocycles. The Bertz CT molecular complexity index is 826. The van der Waals surface area contributed by atoms with Gasteiger partial charge in [0.2, 0.25) is 5.91 Å². The number of para-hydroxylation sites is 1. The average Bonchev–Trinajstić information content (AvgIpc) is 2.95. The van der Waals surface area contributed by atoms with Crippen molar-refractivity contribution in [2.75, 3.05) is 11.9 Å². The van der Waals surface area contributed by atoms with Crippen LogP contribution in [0.2, 0.25) is 0 Å². The summed E-state index contributed by atoms with van der Waals surface area (Å²) in [5, 5.41) is 3.36. The van der Waals surface area contributed by atoms with Gasteiger partial charge in [-0.05, 0) is 36.8 Å². The van der Waals surface area contributed by atoms with Crippen LogP contribution in [0, 0.1) is 5.41 Å². The molecule has 0 atom stereocenters. The van der Waals surface area contributed by atoms with Crippen LogP contribution >= 0.6 is 11.3 Å². The summed E-state index contributed by atoms with van der Waals surface area (Å²) in [6.45, 7) is 6.68. The first kappa shape index (κ1) is 18.6. The van der Waals surface area contributed by atoms with E-state index in [4.69, 9.17) is 4.74 Å². The first-order valence-electron chi connectivity index (χ1n) is 8.91. The van der Waals surface area contributed by atoms with Crippen molar-refractivity contribution in [2.24, 2.45) is 5.41 Å². The molecule has 1 aromatic carbocycles. The number of nitrogens with zero attached hydrogens (tertiary/aromatic N) is 1. The van der Waals surface area contributed by atoms with E-state index in [1.165, 1.54) is 11.3 Å². The van der Waals surface area contributed by atoms with Crippen molar-refractivity contribution in [3.63, 3.8) is 0 Å². The molecular formula is C20H24N2O3S. The molecule has 5 nitrogen and oxygen atoms in total. The molecule has 3 rings (SSSR count). The van der Waals surface area contributed by atoms with Crippen LogP contribution in [-0.4, -0.2) is 23.3 Å². The highest BCUT2D eigenvalue weighted by Gasteiger charge is 2.34. The van der Waals surface area contributed by atoms with Gasteiger partial charge in [0, 0.05) is 12.8 Å². The van der Waals surface area contributed by atoms with Gasteiger partial charge in [0.05, 0.1) is 17.2 Å². The third-order valence-corrected chi connectivity index (χ3v) is 5.43. The number of rotatable bonds is 6. The number of thiazole rings is 1. The second kappa shape index (κ2) is 7.58. The lowest BCUT2D eigenvalue weighted by Gasteiger charge is -2.26. The van der Waals surface area contributed by atoms with Gasteiger partial charge >= 0.3 is 0 Å². The van der Waals surface area contributed by atoms with E-state index in [0.29, 0.717) is 35.9 Å². The van der Waals surface area contributed by atoms with Crippen molar-refractivity contribution < 1.29 is 14.3 Å². The van der Waals surface area contributed by atoms with Crippen LogP contribution in [0.1, 0.15) is 54.5 Å². The molecule has 0 bridgehead atoms. The number of carbonyl (C=O) groups excluding carboxylic acids is 2. The normalized spacial score (nSPS) is 15.4. The number of hydrogen-bond acceptors (Lipinski definition) is 5. The van der Waals surface area contributed by atoms with Gasteiger partial charge in [-0.15, -0.1) is 0 Å². The lowest BCUT2D eigenvalue weighted by Crippen LogP contribution is -2.26. The number of ketones is 1. The third-order valence-electron chi connectivity index (χ3n) is 4.38. The Morgan fingerprint density at radius 1 is 1.31 bits per heavy atom. The first-order chi connectivity index (χ1) is 12.4. The smallest absolute Gasteiger partial charge is 0.226 e. The van der Waals surface area contributed by atoms with Gasteiger partial charge in [-0.1, -0.05) is 43.4 Å². The molecule has 1 aliphatic carbocycles. The molecule has 6 heteroatoms. The summed E-state index contributed by atoms with van der Waals surface area (Å²) in [6.07, 6.45) is 2.23. The van der Waals surface area contributed by atoms with E-state index < -0.39 is 0 Å². The molecule has 138 valence electrons. The van der Waals surface area contributed by atoms with Crippen molar-refractivity contribution >= 4 is 28.2 Å². The summed E-state index contributed by atoms with van der Waals surface area (Å²) in [7, 11) is 0. The zero-order valence-electron chi connectivity index (χ0n) is 15.4. The number of aryl methyl sites for hydroxylation is 1. The number of ether oxygens (including phenoxy) is 1. The van der Waals surface area contributed by atoms with Gasteiger partial charge in [0.1, 0.15) is 5.75 Å². The minimum Gasteiger partial charge on any atom is -0.494 e. The van der Waals surface area contributed by atoms with Crippen LogP contribution in [0.3, 0.4) is 0 Å². The molecule has 2 aromatic rings. The highest BCUT2D eigenvalue weighted by molar-refractivity contribution is 7.17. The van der Waals surface area contributed by atoms with Crippen molar-refractivity contribution in [1.29, 1.82) is 0 Å². The largest absolute Gasteiger partial charge is 0.494 e. The van der Waals surface area contributed by atoms with Gasteiger partial charge in [-0.3, -0.25) is 9.59 Å². The summed E-state index contributed by atoms with van der Waals surface area (Å²) < 4.78 is 5.59. The Balaban J connectivity index is 1.62. The summed E-state index contributed by atoms with van der Waals surface area (Å²) in [5.41, 5.74) is 1.76. The molecule has 0 aliphatic heterocycles. The summed E-state index contributed by atoms with van der Waals surface area (Å²) >= 11 is 1.29. The van der Waals surface area contributed by atoms with Gasteiger partial charge in [0.25, 0.3) is 0 Å². The van der Waals surface area contributed by atoms with Crippen molar-refractivity contribution in [2.45, 2.75) is 46.5 Å². The molecule has 0 saturated carbocycles. The molecule has 0 unspecified atom stereocenters. The molecule has 0 radical (unpaired) electrons. The number of benzene rings is 1. The standard InChI is InChI=1S/C20H24N2O3S/c1-4-25-16-8-6-5-7-13(16)9-10-17(24)22-19-21-14-11-20(2,3)12-15(23)18(14)26-19/h5-8H,4,9-12H2,1-3H3,(H,21,22,24). The van der Waals surface area contributed by atoms with Crippen LogP contribution in [0.5, 0.6) is 5.75 Å². The van der Waals surface area contributed by atoms with Crippen molar-refractivity contribution in [1.82, 2.24) is 4.98 Å². The fourth-order valence-corrected chi connectivity index (χ4v) is 4.15. The second-order valence-electron chi connectivity index (χ2n) is 7.32. The number of hydrogen-bond donors (Lipinski definition) is 1. The Labute approximate surface area is 157 Å². The maximum Gasteiger partial charge on any atom is 0.226 e. The molecule has 0 spiro atoms. The summed E-state index contributed by atoms with van der Waals surface area (Å²) in [5.74, 6) is 0.842. The monoisotopic (exact) mass is 372 g/mol. The number of Topliss-reactive ketones (excluding diaryl/α,β-unsaturated/α-hetero) is 1. The number of amides is 1. The minimum absolute atomic E-state index is 0.0670. The van der Waals surface area contributed by atoms with Crippen LogP contribution in [0.25, 0.3) is 0 Å². The highest BCUT2D eigenvalue weighted by Crippen LogP contribution is 2.38. The zero-order chi connectivity index (χ0) is 18.7. The molecule has 26 heavy (non-hydrogen) atoms. The van der Waals surface area contributed by atoms with Gasteiger partial charge in [-0.25, -0.2) is 4.98 Å². The third kappa shape index (κ3) is 4.30. The van der Waals surface area contributed by atoms with E-state index in [0.717, 1.165) is 23.4 Å². The molecule has 1 N–H and O–H groups in total. The van der Waals surface area contributed by atoms with Crippen LogP contribution in [0.4, 0.5) is 5.13 Å². The fraction of sp³-hybridized carbons (Fsp3) is 0.450. The van der Waals surface area contributed by atoms with Crippen molar-refractivity contribution in [3.05, 3.63) is 40.4 Å². The number of anilines is 1. The molecule has 1 aromatic heterocycles. The van der Waals surface area contributed by atoms with Gasteiger partial charge in [-0.2, -0.15) is 0 Å². The topological polar surface area (TPSA) is 68.3 Å². The summed E-state index contributed by atoms with van der Waals surface area (Å²) in [4.78, 5) is 29.7. The number of nitrogens with one attached hydrogen (secondary N) is 1. The van der Waals surface area contributed by atoms with E-state index in [2.05, 4.69) is 24.1 Å². The van der Waals surface area contributed by atoms with Crippen LogP contribution in [-0.2, 0) is 17.6 Å². The van der Waals surface area contributed by atoms with E-state index in [1.807, 2.05) is 31.2 Å². The lowest BCUT2D eigenvalue weighted by molar-refractivity contribution is -0.116. The fourth-order valence-electron chi connectivity index (χ4n) is 3.21. The Hall–Kier alpha value is -2.21. The second-order valence-corrected chi connectivity index (χ2v) is 8.32. The van der Waals surface area contributed by atoms with Crippen LogP contribution < -0.4 is 10.1 Å². The number of aromatic nitrogens is 1. The Kier molecular flexibility index (Phi) is 5.41. The van der Waals surface area contributed by atoms with Gasteiger partial charge in [0.15, 0.2) is 10.9 Å².